The van der Waals surface area contributed by atoms with E-state index in [2.05, 4.69) is 10.5 Å². The third kappa shape index (κ3) is 6.90. The number of rotatable bonds is 4. The van der Waals surface area contributed by atoms with Gasteiger partial charge in [-0.1, -0.05) is 0 Å². The molecular formula is C4H7N2O3. The molecule has 0 aliphatic rings. The van der Waals surface area contributed by atoms with Crippen molar-refractivity contribution >= 4 is 11.8 Å². The van der Waals surface area contributed by atoms with Gasteiger partial charge < -0.3 is 10.5 Å². The number of ether oxygens (including phenoxy) is 1. The fourth-order valence-electron chi connectivity index (χ4n) is 0.244. The molecule has 2 amide bonds. The Kier molecular flexibility index (Phi) is 3.38. The maximum Gasteiger partial charge on any atom is 0.264 e. The molecular weight excluding hydrogens is 124 g/mol. The van der Waals surface area contributed by atoms with E-state index in [0.29, 0.717) is 0 Å². The minimum absolute atomic E-state index is 0.301. The van der Waals surface area contributed by atoms with Crippen LogP contribution in [0.5, 0.6) is 0 Å². The first-order chi connectivity index (χ1) is 4.13. The summed E-state index contributed by atoms with van der Waals surface area (Å²) < 4.78 is 4.34. The second-order valence-electron chi connectivity index (χ2n) is 1.38. The first kappa shape index (κ1) is 7.90. The molecule has 0 fully saturated rings. The number of nitrogens with one attached hydrogen (secondary N) is 1. The minimum atomic E-state index is -0.865. The number of carbonyl (C=O) groups is 2. The zero-order valence-corrected chi connectivity index (χ0v) is 4.72. The maximum atomic E-state index is 9.91. The lowest BCUT2D eigenvalue weighted by Crippen LogP contribution is -2.21. The number of hydrogen-bond donors (Lipinski definition) is 1. The predicted molar refractivity (Wildman–Crippen MR) is 28.1 cm³/mol. The topological polar surface area (TPSA) is 93.2 Å². The van der Waals surface area contributed by atoms with Crippen LogP contribution in [-0.4, -0.2) is 25.0 Å². The third-order valence-electron chi connectivity index (χ3n) is 0.477. The van der Waals surface area contributed by atoms with Crippen molar-refractivity contribution in [3.63, 3.8) is 0 Å². The van der Waals surface area contributed by atoms with Crippen LogP contribution in [0.15, 0.2) is 0 Å². The molecule has 1 radical (unpaired) electrons. The first-order valence-corrected chi connectivity index (χ1v) is 2.23. The molecule has 0 aromatic carbocycles. The molecule has 0 aromatic heterocycles. The van der Waals surface area contributed by atoms with Crippen molar-refractivity contribution in [2.75, 3.05) is 13.2 Å². The Morgan fingerprint density at radius 1 is 1.44 bits per heavy atom. The molecule has 9 heavy (non-hydrogen) atoms. The molecule has 5 nitrogen and oxygen atoms in total. The molecule has 51 valence electrons. The average Bonchev–Trinajstić information content (AvgIpc) is 1.63. The number of nitrogens with two attached hydrogens (primary N) is 1. The predicted octanol–water partition coefficient (Wildman–Crippen LogP) is -1.70. The van der Waals surface area contributed by atoms with Crippen molar-refractivity contribution in [3.8, 4) is 0 Å². The molecule has 0 atom stereocenters. The van der Waals surface area contributed by atoms with Gasteiger partial charge >= 0.3 is 0 Å². The van der Waals surface area contributed by atoms with E-state index in [9.17, 15) is 9.59 Å². The van der Waals surface area contributed by atoms with Gasteiger partial charge in [-0.2, -0.15) is 0 Å². The van der Waals surface area contributed by atoms with Gasteiger partial charge in [-0.3, -0.25) is 15.3 Å². The van der Waals surface area contributed by atoms with Crippen LogP contribution in [0, 0.1) is 0 Å². The van der Waals surface area contributed by atoms with Crippen LogP contribution < -0.4 is 11.5 Å². The molecule has 0 heterocycles. The lowest BCUT2D eigenvalue weighted by Gasteiger charge is -1.93. The zero-order valence-electron chi connectivity index (χ0n) is 4.72. The standard InChI is InChI=1S/C4H7N2O3/c5-3(7)1-9-2-4(6)8/h5H,1-2H2,(H2,6,8). The van der Waals surface area contributed by atoms with Gasteiger partial charge in [0.05, 0.1) is 0 Å². The number of primary amides is 1. The summed E-state index contributed by atoms with van der Waals surface area (Å²) in [6.45, 7) is -0.673. The van der Waals surface area contributed by atoms with Crippen LogP contribution in [0.3, 0.4) is 0 Å². The maximum absolute atomic E-state index is 9.91. The zero-order chi connectivity index (χ0) is 7.28. The Morgan fingerprint density at radius 3 is 2.33 bits per heavy atom. The third-order valence-corrected chi connectivity index (χ3v) is 0.477. The fraction of sp³-hybridized carbons (Fsp3) is 0.500. The van der Waals surface area contributed by atoms with E-state index in [1.165, 1.54) is 0 Å². The van der Waals surface area contributed by atoms with Gasteiger partial charge in [-0.15, -0.1) is 0 Å². The minimum Gasteiger partial charge on any atom is -0.368 e. The Hall–Kier alpha value is -1.10. The van der Waals surface area contributed by atoms with E-state index in [4.69, 9.17) is 5.73 Å². The number of carbonyl (C=O) groups excluding carboxylic acids is 2. The van der Waals surface area contributed by atoms with E-state index in [0.717, 1.165) is 0 Å². The largest absolute Gasteiger partial charge is 0.368 e. The van der Waals surface area contributed by atoms with Crippen molar-refractivity contribution in [2.24, 2.45) is 5.73 Å². The molecule has 0 rings (SSSR count). The monoisotopic (exact) mass is 131 g/mol. The second-order valence-corrected chi connectivity index (χ2v) is 1.38. The van der Waals surface area contributed by atoms with Gasteiger partial charge in [0.25, 0.3) is 5.91 Å². The van der Waals surface area contributed by atoms with Gasteiger partial charge in [0.2, 0.25) is 5.91 Å². The lowest BCUT2D eigenvalue weighted by molar-refractivity contribution is -0.127. The van der Waals surface area contributed by atoms with E-state index < -0.39 is 11.8 Å². The SMILES string of the molecule is [NH]C(=O)COCC(N)=O. The van der Waals surface area contributed by atoms with E-state index in [1.54, 1.807) is 0 Å². The summed E-state index contributed by atoms with van der Waals surface area (Å²) in [7, 11) is 0. The second kappa shape index (κ2) is 3.85. The molecule has 0 spiro atoms. The lowest BCUT2D eigenvalue weighted by atomic mass is 10.6. The van der Waals surface area contributed by atoms with Crippen molar-refractivity contribution < 1.29 is 14.3 Å². The van der Waals surface area contributed by atoms with E-state index in [1.807, 2.05) is 0 Å². The Morgan fingerprint density at radius 2 is 2.00 bits per heavy atom. The van der Waals surface area contributed by atoms with Crippen LogP contribution in [0.2, 0.25) is 0 Å². The van der Waals surface area contributed by atoms with Crippen LogP contribution in [-0.2, 0) is 14.3 Å². The highest BCUT2D eigenvalue weighted by Crippen LogP contribution is 1.70. The van der Waals surface area contributed by atoms with Gasteiger partial charge in [-0.05, 0) is 0 Å². The highest BCUT2D eigenvalue weighted by molar-refractivity contribution is 5.77. The highest BCUT2D eigenvalue weighted by Gasteiger charge is 1.96. The normalized spacial score (nSPS) is 8.89. The quantitative estimate of drug-likeness (QED) is 0.492. The molecule has 0 saturated heterocycles. The summed E-state index contributed by atoms with van der Waals surface area (Å²) in [5.74, 6) is -1.51. The van der Waals surface area contributed by atoms with E-state index >= 15 is 0 Å². The van der Waals surface area contributed by atoms with Gasteiger partial charge in [-0.25, -0.2) is 0 Å². The van der Waals surface area contributed by atoms with Gasteiger partial charge in [0.15, 0.2) is 0 Å². The molecule has 0 unspecified atom stereocenters. The van der Waals surface area contributed by atoms with E-state index in [-0.39, 0.29) is 13.2 Å². The van der Waals surface area contributed by atoms with Crippen molar-refractivity contribution in [2.45, 2.75) is 0 Å². The van der Waals surface area contributed by atoms with Crippen molar-refractivity contribution in [3.05, 3.63) is 0 Å². The fourth-order valence-corrected chi connectivity index (χ4v) is 0.244. The molecule has 5 heteroatoms. The summed E-state index contributed by atoms with van der Waals surface area (Å²) in [6, 6.07) is 0. The molecule has 0 aliphatic carbocycles. The summed E-state index contributed by atoms with van der Waals surface area (Å²) >= 11 is 0. The summed E-state index contributed by atoms with van der Waals surface area (Å²) in [5, 5.41) is 0. The van der Waals surface area contributed by atoms with Crippen LogP contribution in [0.4, 0.5) is 0 Å². The summed E-state index contributed by atoms with van der Waals surface area (Å²) in [4.78, 5) is 19.7. The molecule has 0 saturated carbocycles. The highest BCUT2D eigenvalue weighted by atomic mass is 16.5. The smallest absolute Gasteiger partial charge is 0.264 e. The van der Waals surface area contributed by atoms with Crippen LogP contribution in [0.25, 0.3) is 0 Å². The average molecular weight is 131 g/mol. The first-order valence-electron chi connectivity index (χ1n) is 2.23. The van der Waals surface area contributed by atoms with Crippen LogP contribution in [0.1, 0.15) is 0 Å². The summed E-state index contributed by atoms with van der Waals surface area (Å²) in [6.07, 6.45) is 0. The molecule has 0 aromatic rings. The van der Waals surface area contributed by atoms with Crippen molar-refractivity contribution in [1.29, 1.82) is 0 Å². The van der Waals surface area contributed by atoms with Crippen molar-refractivity contribution in [1.82, 2.24) is 5.73 Å². The molecule has 0 aliphatic heterocycles. The molecule has 3 N–H and O–H groups in total. The molecule has 0 bridgehead atoms. The van der Waals surface area contributed by atoms with Gasteiger partial charge in [0.1, 0.15) is 13.2 Å². The van der Waals surface area contributed by atoms with Gasteiger partial charge in [0, 0.05) is 0 Å². The number of amides is 2. The Balaban J connectivity index is 3.10. The van der Waals surface area contributed by atoms with Crippen LogP contribution >= 0.6 is 0 Å². The summed E-state index contributed by atoms with van der Waals surface area (Å²) in [5.41, 5.74) is 10.9. The Labute approximate surface area is 52.0 Å². The Bertz CT molecular complexity index is 109. The number of hydrogen-bond acceptors (Lipinski definition) is 3.